The van der Waals surface area contributed by atoms with Crippen molar-refractivity contribution in [2.45, 2.75) is 17.9 Å². The van der Waals surface area contributed by atoms with Gasteiger partial charge in [0.05, 0.1) is 6.20 Å². The van der Waals surface area contributed by atoms with Crippen LogP contribution in [0.3, 0.4) is 0 Å². The lowest BCUT2D eigenvalue weighted by molar-refractivity contribution is 0.501. The molecule has 1 aliphatic heterocycles. The second-order valence-electron chi connectivity index (χ2n) is 9.52. The lowest BCUT2D eigenvalue weighted by Gasteiger charge is -2.36. The normalized spacial score (nSPS) is 16.3. The van der Waals surface area contributed by atoms with E-state index in [0.29, 0.717) is 6.04 Å². The average Bonchev–Trinajstić information content (AvgIpc) is 3.32. The van der Waals surface area contributed by atoms with Crippen LogP contribution in [0.2, 0.25) is 0 Å². The first-order valence-corrected chi connectivity index (χ1v) is 13.1. The molecule has 5 aromatic rings. The highest BCUT2D eigenvalue weighted by Gasteiger charge is 2.18. The maximum atomic E-state index is 4.86. The van der Waals surface area contributed by atoms with Gasteiger partial charge in [-0.25, -0.2) is 9.50 Å². The summed E-state index contributed by atoms with van der Waals surface area (Å²) in [7, 11) is 4.14. The van der Waals surface area contributed by atoms with Crippen LogP contribution < -0.4 is 10.2 Å². The molecule has 7 heteroatoms. The third-order valence-corrected chi connectivity index (χ3v) is 7.76. The topological polar surface area (TPSA) is 48.7 Å². The van der Waals surface area contributed by atoms with E-state index >= 15 is 0 Å². The van der Waals surface area contributed by atoms with E-state index in [9.17, 15) is 0 Å². The number of fused-ring (bicyclic) bond motifs is 2. The van der Waals surface area contributed by atoms with Gasteiger partial charge in [-0.05, 0) is 73.1 Å². The van der Waals surface area contributed by atoms with Gasteiger partial charge in [0.2, 0.25) is 0 Å². The summed E-state index contributed by atoms with van der Waals surface area (Å²) < 4.78 is 4.02. The summed E-state index contributed by atoms with van der Waals surface area (Å²) in [6, 6.07) is 22.3. The fourth-order valence-electron chi connectivity index (χ4n) is 5.08. The minimum absolute atomic E-state index is 0.497. The first-order chi connectivity index (χ1) is 17.6. The van der Waals surface area contributed by atoms with Crippen molar-refractivity contribution in [2.24, 2.45) is 0 Å². The molecule has 1 atom stereocenters. The highest BCUT2D eigenvalue weighted by molar-refractivity contribution is 7.97. The number of anilines is 1. The van der Waals surface area contributed by atoms with Gasteiger partial charge >= 0.3 is 0 Å². The maximum absolute atomic E-state index is 4.86. The van der Waals surface area contributed by atoms with Crippen LogP contribution >= 0.6 is 11.9 Å². The Balaban J connectivity index is 1.34. The summed E-state index contributed by atoms with van der Waals surface area (Å²) in [4.78, 5) is 8.57. The summed E-state index contributed by atoms with van der Waals surface area (Å²) in [6.45, 7) is 5.36. The van der Waals surface area contributed by atoms with Crippen LogP contribution in [0.15, 0.2) is 84.1 Å². The van der Waals surface area contributed by atoms with E-state index in [1.165, 1.54) is 21.4 Å². The van der Waals surface area contributed by atoms with Gasteiger partial charge in [0.1, 0.15) is 0 Å². The summed E-state index contributed by atoms with van der Waals surface area (Å²) in [5, 5.41) is 10.6. The molecule has 3 heterocycles. The molecule has 0 amide bonds. The van der Waals surface area contributed by atoms with Gasteiger partial charge in [-0.1, -0.05) is 42.5 Å². The summed E-state index contributed by atoms with van der Waals surface area (Å²) in [6.07, 6.45) is 5.97. The van der Waals surface area contributed by atoms with Gasteiger partial charge in [-0.15, -0.1) is 0 Å². The predicted octanol–water partition coefficient (Wildman–Crippen LogP) is 5.58. The third-order valence-electron chi connectivity index (χ3n) is 6.84. The molecular weight excluding hydrogens is 464 g/mol. The molecule has 0 saturated carbocycles. The van der Waals surface area contributed by atoms with Crippen molar-refractivity contribution in [1.82, 2.24) is 24.2 Å². The highest BCUT2D eigenvalue weighted by atomic mass is 32.2. The molecule has 0 radical (unpaired) electrons. The van der Waals surface area contributed by atoms with Crippen LogP contribution in [-0.4, -0.2) is 58.7 Å². The molecule has 1 aliphatic rings. The fraction of sp³-hybridized carbons (Fsp3) is 0.241. The number of hydrogen-bond donors (Lipinski definition) is 1. The Morgan fingerprint density at radius 3 is 2.53 bits per heavy atom. The molecule has 6 nitrogen and oxygen atoms in total. The number of nitrogens with one attached hydrogen (secondary N) is 1. The molecule has 6 rings (SSSR count). The van der Waals surface area contributed by atoms with E-state index in [0.717, 1.165) is 47.5 Å². The zero-order valence-electron chi connectivity index (χ0n) is 20.8. The standard InChI is InChI=1S/C29H30N6S/c1-20-16-30-14-15-34(20)23-12-10-21(11-13-23)22-17-31-29-27(18-32-35(29)19-22)25-6-4-8-26-24(25)7-5-9-28(26)36-33(2)3/h4-13,17-20,30H,14-16H2,1-3H3/t20-/m0/s1. The van der Waals surface area contributed by atoms with E-state index in [2.05, 4.69) is 108 Å². The van der Waals surface area contributed by atoms with Crippen molar-refractivity contribution in [3.8, 4) is 22.3 Å². The Hall–Kier alpha value is -3.39. The monoisotopic (exact) mass is 494 g/mol. The molecule has 2 aromatic heterocycles. The molecule has 0 spiro atoms. The highest BCUT2D eigenvalue weighted by Crippen LogP contribution is 2.36. The van der Waals surface area contributed by atoms with Gasteiger partial charge < -0.3 is 10.2 Å². The van der Waals surface area contributed by atoms with E-state index in [1.54, 1.807) is 11.9 Å². The Bertz CT molecular complexity index is 1520. The van der Waals surface area contributed by atoms with Gasteiger partial charge in [0.25, 0.3) is 0 Å². The Labute approximate surface area is 216 Å². The van der Waals surface area contributed by atoms with Gasteiger partial charge in [0, 0.05) is 59.8 Å². The second-order valence-corrected chi connectivity index (χ2v) is 10.9. The zero-order chi connectivity index (χ0) is 24.6. The minimum Gasteiger partial charge on any atom is -0.366 e. The lowest BCUT2D eigenvalue weighted by atomic mass is 10.00. The van der Waals surface area contributed by atoms with Crippen molar-refractivity contribution in [1.29, 1.82) is 0 Å². The molecule has 0 bridgehead atoms. The predicted molar refractivity (Wildman–Crippen MR) is 151 cm³/mol. The number of hydrogen-bond acceptors (Lipinski definition) is 6. The molecule has 1 fully saturated rings. The number of benzene rings is 3. The first-order valence-electron chi connectivity index (χ1n) is 12.4. The Kier molecular flexibility index (Phi) is 6.13. The van der Waals surface area contributed by atoms with Crippen molar-refractivity contribution < 1.29 is 0 Å². The van der Waals surface area contributed by atoms with E-state index in [4.69, 9.17) is 4.98 Å². The van der Waals surface area contributed by atoms with Crippen LogP contribution in [0.25, 0.3) is 38.7 Å². The first kappa shape index (κ1) is 23.0. The summed E-state index contributed by atoms with van der Waals surface area (Å²) >= 11 is 1.74. The van der Waals surface area contributed by atoms with Crippen LogP contribution in [0.1, 0.15) is 6.92 Å². The molecule has 0 aliphatic carbocycles. The minimum atomic E-state index is 0.497. The van der Waals surface area contributed by atoms with Gasteiger partial charge in [-0.3, -0.25) is 4.31 Å². The Morgan fingerprint density at radius 2 is 1.72 bits per heavy atom. The molecule has 1 saturated heterocycles. The average molecular weight is 495 g/mol. The molecule has 182 valence electrons. The molecule has 3 aromatic carbocycles. The summed E-state index contributed by atoms with van der Waals surface area (Å²) in [5.41, 5.74) is 6.53. The third kappa shape index (κ3) is 4.23. The smallest absolute Gasteiger partial charge is 0.162 e. The van der Waals surface area contributed by atoms with Crippen LogP contribution in [0.5, 0.6) is 0 Å². The van der Waals surface area contributed by atoms with Crippen LogP contribution in [-0.2, 0) is 0 Å². The quantitative estimate of drug-likeness (QED) is 0.322. The molecule has 36 heavy (non-hydrogen) atoms. The van der Waals surface area contributed by atoms with Crippen molar-refractivity contribution in [3.63, 3.8) is 0 Å². The van der Waals surface area contributed by atoms with Crippen LogP contribution in [0.4, 0.5) is 5.69 Å². The van der Waals surface area contributed by atoms with E-state index in [1.807, 2.05) is 16.9 Å². The van der Waals surface area contributed by atoms with E-state index in [-0.39, 0.29) is 0 Å². The molecule has 0 unspecified atom stereocenters. The summed E-state index contributed by atoms with van der Waals surface area (Å²) in [5.74, 6) is 0. The SMILES string of the molecule is C[C@H]1CNCCN1c1ccc(-c2cnc3c(-c4cccc5c(SN(C)C)cccc45)cnn3c2)cc1. The molecule has 1 N–H and O–H groups in total. The van der Waals surface area contributed by atoms with E-state index < -0.39 is 0 Å². The Morgan fingerprint density at radius 1 is 0.917 bits per heavy atom. The van der Waals surface area contributed by atoms with Crippen molar-refractivity contribution in [2.75, 3.05) is 38.6 Å². The van der Waals surface area contributed by atoms with Crippen molar-refractivity contribution >= 4 is 34.1 Å². The molecular formula is C29H30N6S. The number of piperazine rings is 1. The number of nitrogens with zero attached hydrogens (tertiary/aromatic N) is 5. The van der Waals surface area contributed by atoms with Gasteiger partial charge in [0.15, 0.2) is 5.65 Å². The zero-order valence-corrected chi connectivity index (χ0v) is 21.7. The van der Waals surface area contributed by atoms with Gasteiger partial charge in [-0.2, -0.15) is 5.10 Å². The number of rotatable bonds is 5. The fourth-order valence-corrected chi connectivity index (χ4v) is 5.89. The second kappa shape index (κ2) is 9.58. The lowest BCUT2D eigenvalue weighted by Crippen LogP contribution is -2.49. The number of aromatic nitrogens is 3. The van der Waals surface area contributed by atoms with Crippen LogP contribution in [0, 0.1) is 0 Å². The largest absolute Gasteiger partial charge is 0.366 e. The maximum Gasteiger partial charge on any atom is 0.162 e. The van der Waals surface area contributed by atoms with Crippen molar-refractivity contribution in [3.05, 3.63) is 79.3 Å².